The van der Waals surface area contributed by atoms with E-state index in [1.165, 1.54) is 11.1 Å². The van der Waals surface area contributed by atoms with Gasteiger partial charge in [-0.2, -0.15) is 0 Å². The van der Waals surface area contributed by atoms with Crippen LogP contribution in [0.2, 0.25) is 0 Å². The number of hydrogen-bond acceptors (Lipinski definition) is 3. The van der Waals surface area contributed by atoms with E-state index in [1.807, 2.05) is 0 Å². The topological polar surface area (TPSA) is 49.4 Å². The van der Waals surface area contributed by atoms with Gasteiger partial charge in [-0.3, -0.25) is 0 Å². The Balaban J connectivity index is 2.15. The Hall–Kier alpha value is -1.14. The van der Waals surface area contributed by atoms with E-state index in [0.717, 1.165) is 5.69 Å². The van der Waals surface area contributed by atoms with E-state index in [1.54, 1.807) is 0 Å². The van der Waals surface area contributed by atoms with Crippen LogP contribution in [-0.4, -0.2) is 37.1 Å². The second-order valence-corrected chi connectivity index (χ2v) is 9.71. The Kier molecular flexibility index (Phi) is 4.17. The lowest BCUT2D eigenvalue weighted by Crippen LogP contribution is -2.38. The van der Waals surface area contributed by atoms with Crippen molar-refractivity contribution in [1.29, 1.82) is 0 Å². The zero-order valence-corrected chi connectivity index (χ0v) is 15.7. The average molecular weight is 353 g/mol. The molecule has 2 aliphatic heterocycles. The molecule has 4 nitrogen and oxygen atoms in total. The van der Waals surface area contributed by atoms with Crippen molar-refractivity contribution in [3.8, 4) is 0 Å². The van der Waals surface area contributed by atoms with E-state index in [4.69, 9.17) is 12.2 Å². The van der Waals surface area contributed by atoms with Crippen LogP contribution in [0.4, 0.5) is 5.69 Å². The third kappa shape index (κ3) is 2.87. The van der Waals surface area contributed by atoms with Gasteiger partial charge in [0.25, 0.3) is 0 Å². The summed E-state index contributed by atoms with van der Waals surface area (Å²) in [5, 5.41) is 3.89. The second kappa shape index (κ2) is 5.74. The van der Waals surface area contributed by atoms with Crippen LogP contribution < -0.4 is 10.2 Å². The lowest BCUT2D eigenvalue weighted by molar-refractivity contribution is 0.600. The third-order valence-corrected chi connectivity index (χ3v) is 6.80. The molecule has 3 rings (SSSR count). The van der Waals surface area contributed by atoms with Crippen LogP contribution in [0, 0.1) is 0 Å². The predicted octanol–water partition coefficient (Wildman–Crippen LogP) is 2.79. The van der Waals surface area contributed by atoms with Gasteiger partial charge < -0.3 is 10.2 Å². The number of anilines is 1. The van der Waals surface area contributed by atoms with E-state index in [-0.39, 0.29) is 23.6 Å². The van der Waals surface area contributed by atoms with Crippen LogP contribution in [0.15, 0.2) is 18.2 Å². The molecule has 2 saturated heterocycles. The monoisotopic (exact) mass is 352 g/mol. The Morgan fingerprint density at radius 3 is 2.22 bits per heavy atom. The molecule has 1 aromatic rings. The summed E-state index contributed by atoms with van der Waals surface area (Å²) in [5.41, 5.74) is 3.56. The maximum Gasteiger partial charge on any atom is 0.174 e. The highest BCUT2D eigenvalue weighted by molar-refractivity contribution is 7.91. The highest BCUT2D eigenvalue weighted by atomic mass is 32.2. The molecule has 2 fully saturated rings. The molecule has 0 radical (unpaired) electrons. The number of nitrogens with zero attached hydrogens (tertiary/aromatic N) is 1. The molecule has 0 amide bonds. The maximum absolute atomic E-state index is 12.1. The molecule has 0 saturated carbocycles. The smallest absolute Gasteiger partial charge is 0.174 e. The van der Waals surface area contributed by atoms with Gasteiger partial charge in [0.1, 0.15) is 0 Å². The van der Waals surface area contributed by atoms with Gasteiger partial charge in [-0.1, -0.05) is 45.9 Å². The van der Waals surface area contributed by atoms with E-state index >= 15 is 0 Å². The van der Waals surface area contributed by atoms with Crippen LogP contribution in [0.3, 0.4) is 0 Å². The quantitative estimate of drug-likeness (QED) is 0.848. The Labute approximate surface area is 144 Å². The van der Waals surface area contributed by atoms with Crippen LogP contribution in [0.25, 0.3) is 0 Å². The summed E-state index contributed by atoms with van der Waals surface area (Å²) in [6.45, 7) is 8.66. The summed E-state index contributed by atoms with van der Waals surface area (Å²) in [6, 6.07) is 6.16. The Morgan fingerprint density at radius 2 is 1.70 bits per heavy atom. The van der Waals surface area contributed by atoms with Crippen molar-refractivity contribution in [2.24, 2.45) is 0 Å². The molecule has 6 heteroatoms. The van der Waals surface area contributed by atoms with Gasteiger partial charge in [0.2, 0.25) is 0 Å². The standard InChI is InChI=1S/C17H24N2O2S2/c1-10(2)12-6-5-7-13(11(3)4)16(12)19-15-9-23(20,21)8-14(15)18-17(19)22/h5-7,10-11,14-15H,8-9H2,1-4H3,(H,18,22)/t14-,15-/m1/s1. The first-order chi connectivity index (χ1) is 10.7. The van der Waals surface area contributed by atoms with Crippen LogP contribution in [0.5, 0.6) is 0 Å². The molecule has 0 spiro atoms. The van der Waals surface area contributed by atoms with Crippen molar-refractivity contribution in [2.45, 2.75) is 51.6 Å². The van der Waals surface area contributed by atoms with E-state index in [2.05, 4.69) is 56.1 Å². The molecular weight excluding hydrogens is 328 g/mol. The molecule has 126 valence electrons. The number of sulfone groups is 1. The number of benzene rings is 1. The number of nitrogens with one attached hydrogen (secondary N) is 1. The first-order valence-electron chi connectivity index (χ1n) is 8.14. The minimum atomic E-state index is -3.00. The number of hydrogen-bond donors (Lipinski definition) is 1. The summed E-state index contributed by atoms with van der Waals surface area (Å²) < 4.78 is 24.1. The maximum atomic E-state index is 12.1. The Bertz CT molecular complexity index is 715. The summed E-state index contributed by atoms with van der Waals surface area (Å²) in [6.07, 6.45) is 0. The van der Waals surface area contributed by atoms with Crippen molar-refractivity contribution in [2.75, 3.05) is 16.4 Å². The highest BCUT2D eigenvalue weighted by Crippen LogP contribution is 2.39. The van der Waals surface area contributed by atoms with Crippen molar-refractivity contribution < 1.29 is 8.42 Å². The molecule has 1 aromatic carbocycles. The zero-order valence-electron chi connectivity index (χ0n) is 14.0. The second-order valence-electron chi connectivity index (χ2n) is 7.16. The van der Waals surface area contributed by atoms with Crippen LogP contribution in [0.1, 0.15) is 50.7 Å². The molecule has 2 atom stereocenters. The normalized spacial score (nSPS) is 26.0. The first kappa shape index (κ1) is 16.7. The molecule has 2 heterocycles. The number of para-hydroxylation sites is 1. The highest BCUT2D eigenvalue weighted by Gasteiger charge is 2.48. The van der Waals surface area contributed by atoms with E-state index < -0.39 is 9.84 Å². The number of rotatable bonds is 3. The molecular formula is C17H24N2O2S2. The minimum absolute atomic E-state index is 0.0901. The van der Waals surface area contributed by atoms with Gasteiger partial charge in [-0.25, -0.2) is 8.42 Å². The molecule has 1 N–H and O–H groups in total. The van der Waals surface area contributed by atoms with Crippen molar-refractivity contribution in [3.63, 3.8) is 0 Å². The van der Waals surface area contributed by atoms with Crippen LogP contribution in [-0.2, 0) is 9.84 Å². The molecule has 0 unspecified atom stereocenters. The molecule has 2 aliphatic rings. The van der Waals surface area contributed by atoms with Gasteiger partial charge >= 0.3 is 0 Å². The van der Waals surface area contributed by atoms with E-state index in [9.17, 15) is 8.42 Å². The van der Waals surface area contributed by atoms with E-state index in [0.29, 0.717) is 16.9 Å². The average Bonchev–Trinajstić information content (AvgIpc) is 2.87. The van der Waals surface area contributed by atoms with Crippen molar-refractivity contribution in [1.82, 2.24) is 5.32 Å². The van der Waals surface area contributed by atoms with Crippen molar-refractivity contribution >= 4 is 32.9 Å². The minimum Gasteiger partial charge on any atom is -0.356 e. The summed E-state index contributed by atoms with van der Waals surface area (Å²) >= 11 is 5.56. The largest absolute Gasteiger partial charge is 0.356 e. The summed E-state index contributed by atoms with van der Waals surface area (Å²) in [5.74, 6) is 1.05. The number of thiocarbonyl (C=S) groups is 1. The SMILES string of the molecule is CC(C)c1cccc(C(C)C)c1N1C(=S)N[C@@H]2CS(=O)(=O)C[C@H]21. The number of fused-ring (bicyclic) bond motifs is 1. The third-order valence-electron chi connectivity index (χ3n) is 4.77. The summed E-state index contributed by atoms with van der Waals surface area (Å²) in [4.78, 5) is 2.08. The van der Waals surface area contributed by atoms with Gasteiger partial charge in [0, 0.05) is 0 Å². The lowest BCUT2D eigenvalue weighted by Gasteiger charge is -2.30. The molecule has 0 bridgehead atoms. The van der Waals surface area contributed by atoms with Gasteiger partial charge in [-0.05, 0) is 35.2 Å². The fraction of sp³-hybridized carbons (Fsp3) is 0.588. The fourth-order valence-corrected chi connectivity index (χ4v) is 5.93. The molecule has 23 heavy (non-hydrogen) atoms. The lowest BCUT2D eigenvalue weighted by atomic mass is 9.91. The van der Waals surface area contributed by atoms with Gasteiger partial charge in [-0.15, -0.1) is 0 Å². The van der Waals surface area contributed by atoms with Gasteiger partial charge in [0.15, 0.2) is 14.9 Å². The van der Waals surface area contributed by atoms with Gasteiger partial charge in [0.05, 0.1) is 29.3 Å². The fourth-order valence-electron chi connectivity index (χ4n) is 3.66. The van der Waals surface area contributed by atoms with Crippen molar-refractivity contribution in [3.05, 3.63) is 29.3 Å². The predicted molar refractivity (Wildman–Crippen MR) is 99.1 cm³/mol. The first-order valence-corrected chi connectivity index (χ1v) is 10.4. The Morgan fingerprint density at radius 1 is 1.13 bits per heavy atom. The molecule has 0 aliphatic carbocycles. The zero-order chi connectivity index (χ0) is 16.9. The van der Waals surface area contributed by atoms with Crippen LogP contribution >= 0.6 is 12.2 Å². The summed E-state index contributed by atoms with van der Waals surface area (Å²) in [7, 11) is -3.00. The molecule has 0 aromatic heterocycles.